The first-order valence-electron chi connectivity index (χ1n) is 3.91. The number of hydrogen-bond donors (Lipinski definition) is 1. The summed E-state index contributed by atoms with van der Waals surface area (Å²) in [6.07, 6.45) is 2.58. The predicted molar refractivity (Wildman–Crippen MR) is 43.7 cm³/mol. The minimum absolute atomic E-state index is 0.118. The van der Waals surface area contributed by atoms with Crippen LogP contribution in [0.5, 0.6) is 0 Å². The van der Waals surface area contributed by atoms with Crippen LogP contribution in [0.3, 0.4) is 0 Å². The van der Waals surface area contributed by atoms with Crippen LogP contribution in [0.15, 0.2) is 10.6 Å². The predicted octanol–water partition coefficient (Wildman–Crippen LogP) is 0.952. The van der Waals surface area contributed by atoms with Crippen LogP contribution >= 0.6 is 0 Å². The Morgan fingerprint density at radius 2 is 2.54 bits per heavy atom. The molecule has 1 heterocycles. The van der Waals surface area contributed by atoms with E-state index < -0.39 is 5.97 Å². The molecule has 0 saturated carbocycles. The fourth-order valence-corrected chi connectivity index (χ4v) is 0.892. The average molecular weight is 185 g/mol. The first-order chi connectivity index (χ1) is 6.24. The van der Waals surface area contributed by atoms with Gasteiger partial charge in [0.2, 0.25) is 5.76 Å². The van der Waals surface area contributed by atoms with Gasteiger partial charge in [0.05, 0.1) is 6.20 Å². The van der Waals surface area contributed by atoms with Gasteiger partial charge in [-0.3, -0.25) is 0 Å². The number of aryl methyl sites for hydroxylation is 1. The third-order valence-electron chi connectivity index (χ3n) is 1.50. The summed E-state index contributed by atoms with van der Waals surface area (Å²) in [5.74, 6) is -0.771. The highest BCUT2D eigenvalue weighted by Gasteiger charge is 2.09. The molecule has 0 unspecified atom stereocenters. The molecule has 13 heavy (non-hydrogen) atoms. The Morgan fingerprint density at radius 1 is 1.77 bits per heavy atom. The first kappa shape index (κ1) is 9.73. The minimum Gasteiger partial charge on any atom is -0.475 e. The molecule has 0 spiro atoms. The molecule has 0 saturated heterocycles. The van der Waals surface area contributed by atoms with Gasteiger partial charge in [-0.05, 0) is 6.42 Å². The van der Waals surface area contributed by atoms with Crippen molar-refractivity contribution < 1.29 is 19.1 Å². The van der Waals surface area contributed by atoms with Crippen molar-refractivity contribution in [2.45, 2.75) is 12.8 Å². The van der Waals surface area contributed by atoms with E-state index in [0.29, 0.717) is 18.9 Å². The Morgan fingerprint density at radius 3 is 3.08 bits per heavy atom. The van der Waals surface area contributed by atoms with Crippen molar-refractivity contribution in [3.05, 3.63) is 17.8 Å². The fourth-order valence-electron chi connectivity index (χ4n) is 0.892. The molecular formula is C8H11NO4. The zero-order valence-corrected chi connectivity index (χ0v) is 7.32. The van der Waals surface area contributed by atoms with E-state index in [1.165, 1.54) is 6.20 Å². The number of carboxylic acids is 1. The summed E-state index contributed by atoms with van der Waals surface area (Å²) in [4.78, 5) is 14.2. The SMILES string of the molecule is COCCCc1ncc(C(=O)O)o1. The number of carboxylic acid groups (broad SMARTS) is 1. The largest absolute Gasteiger partial charge is 0.475 e. The summed E-state index contributed by atoms with van der Waals surface area (Å²) in [5.41, 5.74) is 0. The van der Waals surface area contributed by atoms with Gasteiger partial charge in [-0.25, -0.2) is 9.78 Å². The zero-order chi connectivity index (χ0) is 9.68. The van der Waals surface area contributed by atoms with Gasteiger partial charge in [-0.2, -0.15) is 0 Å². The molecule has 0 aromatic carbocycles. The van der Waals surface area contributed by atoms with Crippen LogP contribution in [-0.2, 0) is 11.2 Å². The number of aromatic carboxylic acids is 1. The van der Waals surface area contributed by atoms with Crippen molar-refractivity contribution in [1.82, 2.24) is 4.98 Å². The summed E-state index contributed by atoms with van der Waals surface area (Å²) in [5, 5.41) is 8.51. The van der Waals surface area contributed by atoms with Crippen molar-refractivity contribution in [1.29, 1.82) is 0 Å². The molecule has 1 aromatic heterocycles. The zero-order valence-electron chi connectivity index (χ0n) is 7.32. The molecule has 1 rings (SSSR count). The lowest BCUT2D eigenvalue weighted by Gasteiger charge is -1.94. The Balaban J connectivity index is 2.44. The van der Waals surface area contributed by atoms with Crippen molar-refractivity contribution in [2.75, 3.05) is 13.7 Å². The van der Waals surface area contributed by atoms with E-state index in [1.807, 2.05) is 0 Å². The van der Waals surface area contributed by atoms with Crippen molar-refractivity contribution >= 4 is 5.97 Å². The van der Waals surface area contributed by atoms with Crippen LogP contribution in [0.1, 0.15) is 22.9 Å². The molecule has 0 aliphatic rings. The molecule has 1 N–H and O–H groups in total. The minimum atomic E-state index is -1.09. The van der Waals surface area contributed by atoms with Gasteiger partial charge in [-0.1, -0.05) is 0 Å². The number of oxazole rings is 1. The van der Waals surface area contributed by atoms with E-state index in [9.17, 15) is 4.79 Å². The maximum atomic E-state index is 10.4. The molecule has 72 valence electrons. The van der Waals surface area contributed by atoms with Crippen LogP contribution in [0.4, 0.5) is 0 Å². The number of ether oxygens (including phenoxy) is 1. The van der Waals surface area contributed by atoms with E-state index in [2.05, 4.69) is 4.98 Å². The van der Waals surface area contributed by atoms with Crippen LogP contribution in [0.2, 0.25) is 0 Å². The molecular weight excluding hydrogens is 174 g/mol. The van der Waals surface area contributed by atoms with Gasteiger partial charge in [0.15, 0.2) is 5.89 Å². The topological polar surface area (TPSA) is 72.6 Å². The number of rotatable bonds is 5. The first-order valence-corrected chi connectivity index (χ1v) is 3.91. The lowest BCUT2D eigenvalue weighted by Crippen LogP contribution is -1.93. The maximum Gasteiger partial charge on any atom is 0.373 e. The van der Waals surface area contributed by atoms with Gasteiger partial charge < -0.3 is 14.3 Å². The van der Waals surface area contributed by atoms with Gasteiger partial charge in [0, 0.05) is 20.1 Å². The van der Waals surface area contributed by atoms with Crippen LogP contribution in [-0.4, -0.2) is 29.8 Å². The standard InChI is InChI=1S/C8H11NO4/c1-12-4-2-3-7-9-5-6(13-7)8(10)11/h5H,2-4H2,1H3,(H,10,11). The van der Waals surface area contributed by atoms with E-state index in [0.717, 1.165) is 6.42 Å². The maximum absolute atomic E-state index is 10.4. The van der Waals surface area contributed by atoms with Crippen molar-refractivity contribution in [3.63, 3.8) is 0 Å². The van der Waals surface area contributed by atoms with Crippen LogP contribution in [0, 0.1) is 0 Å². The number of methoxy groups -OCH3 is 1. The normalized spacial score (nSPS) is 10.2. The second-order valence-electron chi connectivity index (χ2n) is 2.52. The highest BCUT2D eigenvalue weighted by molar-refractivity contribution is 5.83. The van der Waals surface area contributed by atoms with Gasteiger partial charge in [0.25, 0.3) is 0 Å². The molecule has 5 nitrogen and oxygen atoms in total. The molecule has 0 amide bonds. The highest BCUT2D eigenvalue weighted by atomic mass is 16.5. The number of carbonyl (C=O) groups is 1. The Bertz CT molecular complexity index is 281. The molecule has 5 heteroatoms. The molecule has 0 aliphatic carbocycles. The summed E-state index contributed by atoms with van der Waals surface area (Å²) >= 11 is 0. The highest BCUT2D eigenvalue weighted by Crippen LogP contribution is 2.05. The Kier molecular flexibility index (Phi) is 3.45. The second kappa shape index (κ2) is 4.61. The Hall–Kier alpha value is -1.36. The monoisotopic (exact) mass is 185 g/mol. The summed E-state index contributed by atoms with van der Waals surface area (Å²) in [7, 11) is 1.61. The molecule has 0 radical (unpaired) electrons. The second-order valence-corrected chi connectivity index (χ2v) is 2.52. The quantitative estimate of drug-likeness (QED) is 0.691. The van der Waals surface area contributed by atoms with E-state index >= 15 is 0 Å². The average Bonchev–Trinajstić information content (AvgIpc) is 2.53. The van der Waals surface area contributed by atoms with E-state index in [1.54, 1.807) is 7.11 Å². The number of nitrogens with zero attached hydrogens (tertiary/aromatic N) is 1. The van der Waals surface area contributed by atoms with Crippen LogP contribution < -0.4 is 0 Å². The fraction of sp³-hybridized carbons (Fsp3) is 0.500. The summed E-state index contributed by atoms with van der Waals surface area (Å²) in [6.45, 7) is 0.616. The van der Waals surface area contributed by atoms with E-state index in [-0.39, 0.29) is 5.76 Å². The molecule has 0 fully saturated rings. The third kappa shape index (κ3) is 2.87. The van der Waals surface area contributed by atoms with Gasteiger partial charge in [-0.15, -0.1) is 0 Å². The Labute approximate surface area is 75.3 Å². The van der Waals surface area contributed by atoms with E-state index in [4.69, 9.17) is 14.3 Å². The summed E-state index contributed by atoms with van der Waals surface area (Å²) < 4.78 is 9.76. The van der Waals surface area contributed by atoms with Crippen LogP contribution in [0.25, 0.3) is 0 Å². The number of hydrogen-bond acceptors (Lipinski definition) is 4. The van der Waals surface area contributed by atoms with Gasteiger partial charge in [0.1, 0.15) is 0 Å². The van der Waals surface area contributed by atoms with Crippen molar-refractivity contribution in [2.24, 2.45) is 0 Å². The molecule has 1 aromatic rings. The third-order valence-corrected chi connectivity index (χ3v) is 1.50. The lowest BCUT2D eigenvalue weighted by atomic mass is 10.3. The van der Waals surface area contributed by atoms with Crippen molar-refractivity contribution in [3.8, 4) is 0 Å². The lowest BCUT2D eigenvalue weighted by molar-refractivity contribution is 0.0660. The molecule has 0 atom stereocenters. The molecule has 0 aliphatic heterocycles. The number of aromatic nitrogens is 1. The molecule has 0 bridgehead atoms. The summed E-state index contributed by atoms with van der Waals surface area (Å²) in [6, 6.07) is 0. The smallest absolute Gasteiger partial charge is 0.373 e. The van der Waals surface area contributed by atoms with Gasteiger partial charge >= 0.3 is 5.97 Å².